The lowest BCUT2D eigenvalue weighted by atomic mass is 10.2. The van der Waals surface area contributed by atoms with E-state index in [2.05, 4.69) is 15.9 Å². The maximum absolute atomic E-state index is 11.6. The van der Waals surface area contributed by atoms with Gasteiger partial charge in [0.1, 0.15) is 0 Å². The van der Waals surface area contributed by atoms with Gasteiger partial charge in [0, 0.05) is 10.2 Å². The number of anilines is 1. The van der Waals surface area contributed by atoms with E-state index < -0.39 is 9.84 Å². The molecule has 1 aromatic carbocycles. The van der Waals surface area contributed by atoms with Crippen molar-refractivity contribution < 1.29 is 8.42 Å². The summed E-state index contributed by atoms with van der Waals surface area (Å²) in [5.74, 6) is 0.0922. The summed E-state index contributed by atoms with van der Waals surface area (Å²) < 4.78 is 23.8. The fraction of sp³-hybridized carbons (Fsp3) is 0.333. The van der Waals surface area contributed by atoms with Gasteiger partial charge in [-0.05, 0) is 40.5 Å². The fourth-order valence-corrected chi connectivity index (χ4v) is 3.19. The number of benzene rings is 1. The molecule has 0 atom stereocenters. The smallest absolute Gasteiger partial charge is 0.179 e. The number of nitrogen functional groups attached to an aromatic ring is 1. The van der Waals surface area contributed by atoms with Crippen LogP contribution in [0, 0.1) is 6.92 Å². The highest BCUT2D eigenvalue weighted by molar-refractivity contribution is 9.10. The van der Waals surface area contributed by atoms with Crippen molar-refractivity contribution in [2.75, 3.05) is 11.5 Å². The molecule has 0 heterocycles. The van der Waals surface area contributed by atoms with E-state index in [1.807, 2.05) is 0 Å². The molecule has 0 aliphatic rings. The van der Waals surface area contributed by atoms with Crippen LogP contribution in [0.4, 0.5) is 5.69 Å². The molecule has 0 fully saturated rings. The third-order valence-electron chi connectivity index (χ3n) is 2.04. The van der Waals surface area contributed by atoms with E-state index in [0.717, 1.165) is 5.56 Å². The highest BCUT2D eigenvalue weighted by Crippen LogP contribution is 2.27. The van der Waals surface area contributed by atoms with Gasteiger partial charge in [-0.1, -0.05) is 6.92 Å². The van der Waals surface area contributed by atoms with Crippen molar-refractivity contribution >= 4 is 31.5 Å². The van der Waals surface area contributed by atoms with Crippen LogP contribution in [0.2, 0.25) is 0 Å². The van der Waals surface area contributed by atoms with Gasteiger partial charge >= 0.3 is 0 Å². The van der Waals surface area contributed by atoms with Crippen LogP contribution in [0.15, 0.2) is 21.5 Å². The number of halogens is 1. The Balaban J connectivity index is 3.45. The third-order valence-corrected chi connectivity index (χ3v) is 4.72. The van der Waals surface area contributed by atoms with Crippen LogP contribution >= 0.6 is 15.9 Å². The van der Waals surface area contributed by atoms with E-state index in [9.17, 15) is 8.42 Å². The molecule has 0 unspecified atom stereocenters. The van der Waals surface area contributed by atoms with Crippen molar-refractivity contribution in [3.8, 4) is 0 Å². The van der Waals surface area contributed by atoms with E-state index in [1.54, 1.807) is 26.0 Å². The SMILES string of the molecule is CCS(=O)(=O)c1cc(C)c(N)cc1Br. The first-order valence-electron chi connectivity index (χ1n) is 4.17. The molecular formula is C9H12BrNO2S. The monoisotopic (exact) mass is 277 g/mol. The Morgan fingerprint density at radius 1 is 1.43 bits per heavy atom. The average molecular weight is 278 g/mol. The summed E-state index contributed by atoms with van der Waals surface area (Å²) in [5.41, 5.74) is 7.02. The minimum absolute atomic E-state index is 0.0922. The highest BCUT2D eigenvalue weighted by atomic mass is 79.9. The molecule has 0 amide bonds. The van der Waals surface area contributed by atoms with Crippen molar-refractivity contribution in [1.29, 1.82) is 0 Å². The largest absolute Gasteiger partial charge is 0.398 e. The van der Waals surface area contributed by atoms with Crippen LogP contribution in [0.3, 0.4) is 0 Å². The molecule has 0 bridgehead atoms. The second-order valence-corrected chi connectivity index (χ2v) is 6.14. The van der Waals surface area contributed by atoms with Gasteiger partial charge in [-0.2, -0.15) is 0 Å². The van der Waals surface area contributed by atoms with Gasteiger partial charge in [-0.15, -0.1) is 0 Å². The van der Waals surface area contributed by atoms with Crippen molar-refractivity contribution in [3.63, 3.8) is 0 Å². The Morgan fingerprint density at radius 3 is 2.50 bits per heavy atom. The predicted molar refractivity (Wildman–Crippen MR) is 61.0 cm³/mol. The summed E-state index contributed by atoms with van der Waals surface area (Å²) in [7, 11) is -3.17. The standard InChI is InChI=1S/C9H12BrNO2S/c1-3-14(12,13)9-4-6(2)8(11)5-7(9)10/h4-5H,3,11H2,1-2H3. The second-order valence-electron chi connectivity index (χ2n) is 3.04. The first-order chi connectivity index (χ1) is 6.38. The maximum atomic E-state index is 11.6. The topological polar surface area (TPSA) is 60.2 Å². The molecule has 1 rings (SSSR count). The zero-order chi connectivity index (χ0) is 10.9. The van der Waals surface area contributed by atoms with Gasteiger partial charge in [-0.3, -0.25) is 0 Å². The summed E-state index contributed by atoms with van der Waals surface area (Å²) in [6, 6.07) is 3.22. The highest BCUT2D eigenvalue weighted by Gasteiger charge is 2.16. The van der Waals surface area contributed by atoms with Gasteiger partial charge in [0.05, 0.1) is 10.6 Å². The quantitative estimate of drug-likeness (QED) is 0.843. The first kappa shape index (κ1) is 11.5. The second kappa shape index (κ2) is 3.90. The van der Waals surface area contributed by atoms with E-state index in [-0.39, 0.29) is 5.75 Å². The molecule has 0 aliphatic carbocycles. The van der Waals surface area contributed by atoms with Crippen molar-refractivity contribution in [3.05, 3.63) is 22.2 Å². The number of aryl methyl sites for hydroxylation is 1. The Labute approximate surface area is 92.4 Å². The van der Waals surface area contributed by atoms with E-state index in [1.165, 1.54) is 0 Å². The molecule has 0 saturated heterocycles. The third kappa shape index (κ3) is 2.09. The van der Waals surface area contributed by atoms with Crippen molar-refractivity contribution in [1.82, 2.24) is 0 Å². The van der Waals surface area contributed by atoms with Crippen molar-refractivity contribution in [2.45, 2.75) is 18.7 Å². The zero-order valence-corrected chi connectivity index (χ0v) is 10.4. The molecule has 0 radical (unpaired) electrons. The first-order valence-corrected chi connectivity index (χ1v) is 6.61. The van der Waals surface area contributed by atoms with E-state index in [0.29, 0.717) is 15.1 Å². The van der Waals surface area contributed by atoms with Crippen LogP contribution in [-0.2, 0) is 9.84 Å². The van der Waals surface area contributed by atoms with E-state index >= 15 is 0 Å². The molecule has 78 valence electrons. The summed E-state index contributed by atoms with van der Waals surface area (Å²) in [4.78, 5) is 0.312. The molecule has 0 saturated carbocycles. The fourth-order valence-electron chi connectivity index (χ4n) is 1.06. The molecule has 0 aromatic heterocycles. The summed E-state index contributed by atoms with van der Waals surface area (Å²) >= 11 is 3.20. The summed E-state index contributed by atoms with van der Waals surface area (Å²) in [6.45, 7) is 3.41. The lowest BCUT2D eigenvalue weighted by Gasteiger charge is -2.07. The number of sulfone groups is 1. The van der Waals surface area contributed by atoms with E-state index in [4.69, 9.17) is 5.73 Å². The average Bonchev–Trinajstić information content (AvgIpc) is 2.11. The number of rotatable bonds is 2. The molecule has 14 heavy (non-hydrogen) atoms. The summed E-state index contributed by atoms with van der Waals surface area (Å²) in [5, 5.41) is 0. The van der Waals surface area contributed by atoms with Gasteiger partial charge in [0.2, 0.25) is 0 Å². The molecule has 3 nitrogen and oxygen atoms in total. The van der Waals surface area contributed by atoms with Gasteiger partial charge in [-0.25, -0.2) is 8.42 Å². The van der Waals surface area contributed by atoms with Crippen LogP contribution in [0.25, 0.3) is 0 Å². The zero-order valence-electron chi connectivity index (χ0n) is 8.04. The van der Waals surface area contributed by atoms with Gasteiger partial charge < -0.3 is 5.73 Å². The number of hydrogen-bond donors (Lipinski definition) is 1. The Morgan fingerprint density at radius 2 is 2.00 bits per heavy atom. The predicted octanol–water partition coefficient (Wildman–Crippen LogP) is 2.13. The number of nitrogens with two attached hydrogens (primary N) is 1. The summed E-state index contributed by atoms with van der Waals surface area (Å²) in [6.07, 6.45) is 0. The van der Waals surface area contributed by atoms with Crippen LogP contribution < -0.4 is 5.73 Å². The van der Waals surface area contributed by atoms with Gasteiger partial charge in [0.15, 0.2) is 9.84 Å². The molecular weight excluding hydrogens is 266 g/mol. The Kier molecular flexibility index (Phi) is 3.21. The van der Waals surface area contributed by atoms with Gasteiger partial charge in [0.25, 0.3) is 0 Å². The minimum atomic E-state index is -3.17. The maximum Gasteiger partial charge on any atom is 0.179 e. The molecule has 0 spiro atoms. The molecule has 1 aromatic rings. The lowest BCUT2D eigenvalue weighted by Crippen LogP contribution is -2.05. The molecule has 2 N–H and O–H groups in total. The number of hydrogen-bond acceptors (Lipinski definition) is 3. The molecule has 5 heteroatoms. The van der Waals surface area contributed by atoms with Crippen LogP contribution in [-0.4, -0.2) is 14.2 Å². The van der Waals surface area contributed by atoms with Crippen LogP contribution in [0.1, 0.15) is 12.5 Å². The minimum Gasteiger partial charge on any atom is -0.398 e. The molecule has 0 aliphatic heterocycles. The van der Waals surface area contributed by atoms with Crippen LogP contribution in [0.5, 0.6) is 0 Å². The van der Waals surface area contributed by atoms with Crippen molar-refractivity contribution in [2.24, 2.45) is 0 Å². The Hall–Kier alpha value is -0.550. The Bertz CT molecular complexity index is 454. The lowest BCUT2D eigenvalue weighted by molar-refractivity contribution is 0.596. The normalized spacial score (nSPS) is 11.6.